The summed E-state index contributed by atoms with van der Waals surface area (Å²) < 4.78 is 4.87. The quantitative estimate of drug-likeness (QED) is 0.739. The van der Waals surface area contributed by atoms with Gasteiger partial charge in [0.25, 0.3) is 0 Å². The monoisotopic (exact) mass is 225 g/mol. The van der Waals surface area contributed by atoms with Gasteiger partial charge in [0.2, 0.25) is 0 Å². The summed E-state index contributed by atoms with van der Waals surface area (Å²) in [5.41, 5.74) is 0.592. The molecule has 3 nitrogen and oxygen atoms in total. The molecule has 1 aromatic rings. The Balaban J connectivity index is 2.47. The first-order valence-corrected chi connectivity index (χ1v) is 5.89. The Bertz CT molecular complexity index is 388. The van der Waals surface area contributed by atoms with E-state index in [2.05, 4.69) is 18.3 Å². The lowest BCUT2D eigenvalue weighted by Gasteiger charge is -2.35. The summed E-state index contributed by atoms with van der Waals surface area (Å²) in [7, 11) is 1.43. The molecule has 15 heavy (non-hydrogen) atoms. The van der Waals surface area contributed by atoms with E-state index < -0.39 is 5.54 Å². The minimum absolute atomic E-state index is 0.210. The maximum atomic E-state index is 11.8. The zero-order valence-corrected chi connectivity index (χ0v) is 9.98. The number of fused-ring (bicyclic) bond motifs is 1. The van der Waals surface area contributed by atoms with Crippen molar-refractivity contribution in [1.82, 2.24) is 5.32 Å². The highest BCUT2D eigenvalue weighted by atomic mass is 32.1. The van der Waals surface area contributed by atoms with Crippen LogP contribution in [0.5, 0.6) is 0 Å². The van der Waals surface area contributed by atoms with Crippen LogP contribution in [0.1, 0.15) is 24.3 Å². The van der Waals surface area contributed by atoms with Crippen LogP contribution in [-0.2, 0) is 21.5 Å². The van der Waals surface area contributed by atoms with Gasteiger partial charge < -0.3 is 4.74 Å². The molecule has 1 aliphatic heterocycles. The van der Waals surface area contributed by atoms with Gasteiger partial charge in [0.05, 0.1) is 7.11 Å². The Labute approximate surface area is 93.4 Å². The number of methoxy groups -OCH3 is 1. The number of hydrogen-bond donors (Lipinski definition) is 1. The van der Waals surface area contributed by atoms with Crippen LogP contribution in [-0.4, -0.2) is 19.1 Å². The van der Waals surface area contributed by atoms with Gasteiger partial charge in [-0.3, -0.25) is 5.32 Å². The van der Waals surface area contributed by atoms with E-state index in [1.807, 2.05) is 12.3 Å². The largest absolute Gasteiger partial charge is 0.467 e. The number of ether oxygens (including phenoxy) is 1. The summed E-state index contributed by atoms with van der Waals surface area (Å²) in [5, 5.41) is 5.35. The lowest BCUT2D eigenvalue weighted by molar-refractivity contribution is -0.148. The van der Waals surface area contributed by atoms with E-state index in [1.165, 1.54) is 12.7 Å². The van der Waals surface area contributed by atoms with Crippen LogP contribution < -0.4 is 5.32 Å². The Hall–Kier alpha value is -0.870. The van der Waals surface area contributed by atoms with Crippen LogP contribution in [0.3, 0.4) is 0 Å². The van der Waals surface area contributed by atoms with Crippen molar-refractivity contribution in [2.45, 2.75) is 31.8 Å². The molecule has 2 atom stereocenters. The molecule has 82 valence electrons. The second-order valence-corrected chi connectivity index (χ2v) is 5.06. The standard InChI is InChI=1S/C11H15NO2S/c1-7-6-8-4-5-15-9(8)11(2,12-7)10(13)14-3/h4-5,7,12H,6H2,1-3H3. The van der Waals surface area contributed by atoms with Gasteiger partial charge in [-0.1, -0.05) is 0 Å². The zero-order chi connectivity index (χ0) is 11.1. The smallest absolute Gasteiger partial charge is 0.331 e. The summed E-state index contributed by atoms with van der Waals surface area (Å²) >= 11 is 1.61. The van der Waals surface area contributed by atoms with Crippen LogP contribution in [0.4, 0.5) is 0 Å². The predicted octanol–water partition coefficient (Wildman–Crippen LogP) is 1.67. The fourth-order valence-corrected chi connectivity index (χ4v) is 3.28. The molecule has 0 radical (unpaired) electrons. The second-order valence-electron chi connectivity index (χ2n) is 4.14. The summed E-state index contributed by atoms with van der Waals surface area (Å²) in [6.45, 7) is 3.98. The fraction of sp³-hybridized carbons (Fsp3) is 0.545. The van der Waals surface area contributed by atoms with E-state index in [0.29, 0.717) is 6.04 Å². The van der Waals surface area contributed by atoms with Crippen molar-refractivity contribution in [3.63, 3.8) is 0 Å². The lowest BCUT2D eigenvalue weighted by atomic mass is 9.88. The molecule has 1 aromatic heterocycles. The number of rotatable bonds is 1. The van der Waals surface area contributed by atoms with Crippen LogP contribution in [0.15, 0.2) is 11.4 Å². The Morgan fingerprint density at radius 1 is 1.73 bits per heavy atom. The molecule has 0 spiro atoms. The third-order valence-electron chi connectivity index (χ3n) is 2.86. The Kier molecular flexibility index (Phi) is 2.56. The Morgan fingerprint density at radius 3 is 3.13 bits per heavy atom. The zero-order valence-electron chi connectivity index (χ0n) is 9.16. The predicted molar refractivity (Wildman–Crippen MR) is 60.0 cm³/mol. The lowest BCUT2D eigenvalue weighted by Crippen LogP contribution is -2.54. The van der Waals surface area contributed by atoms with Gasteiger partial charge in [0.15, 0.2) is 0 Å². The fourth-order valence-electron chi connectivity index (χ4n) is 2.23. The molecular formula is C11H15NO2S. The highest BCUT2D eigenvalue weighted by molar-refractivity contribution is 7.10. The number of nitrogens with one attached hydrogen (secondary N) is 1. The van der Waals surface area contributed by atoms with E-state index in [1.54, 1.807) is 11.3 Å². The molecule has 1 aliphatic rings. The number of carbonyl (C=O) groups excluding carboxylic acids is 1. The maximum absolute atomic E-state index is 11.8. The molecular weight excluding hydrogens is 210 g/mol. The highest BCUT2D eigenvalue weighted by Crippen LogP contribution is 2.35. The first kappa shape index (κ1) is 10.6. The molecule has 0 aliphatic carbocycles. The van der Waals surface area contributed by atoms with E-state index in [4.69, 9.17) is 4.74 Å². The molecule has 2 heterocycles. The minimum atomic E-state index is -0.671. The van der Waals surface area contributed by atoms with Crippen molar-refractivity contribution in [2.24, 2.45) is 0 Å². The van der Waals surface area contributed by atoms with Gasteiger partial charge in [0, 0.05) is 10.9 Å². The van der Waals surface area contributed by atoms with Crippen molar-refractivity contribution in [2.75, 3.05) is 7.11 Å². The first-order valence-electron chi connectivity index (χ1n) is 5.01. The van der Waals surface area contributed by atoms with Crippen molar-refractivity contribution in [3.8, 4) is 0 Å². The van der Waals surface area contributed by atoms with Gasteiger partial charge in [-0.05, 0) is 37.3 Å². The van der Waals surface area contributed by atoms with E-state index in [0.717, 1.165) is 11.3 Å². The Morgan fingerprint density at radius 2 is 2.47 bits per heavy atom. The van der Waals surface area contributed by atoms with E-state index in [-0.39, 0.29) is 5.97 Å². The summed E-state index contributed by atoms with van der Waals surface area (Å²) in [6.07, 6.45) is 0.978. The number of hydrogen-bond acceptors (Lipinski definition) is 4. The van der Waals surface area contributed by atoms with Crippen molar-refractivity contribution in [1.29, 1.82) is 0 Å². The van der Waals surface area contributed by atoms with Crippen LogP contribution >= 0.6 is 11.3 Å². The number of thiophene rings is 1. The van der Waals surface area contributed by atoms with Crippen molar-refractivity contribution < 1.29 is 9.53 Å². The molecule has 0 saturated heterocycles. The molecule has 0 aromatic carbocycles. The van der Waals surface area contributed by atoms with Crippen LogP contribution in [0.25, 0.3) is 0 Å². The van der Waals surface area contributed by atoms with Gasteiger partial charge in [-0.2, -0.15) is 0 Å². The van der Waals surface area contributed by atoms with Crippen LogP contribution in [0.2, 0.25) is 0 Å². The summed E-state index contributed by atoms with van der Waals surface area (Å²) in [5.74, 6) is -0.210. The molecule has 0 amide bonds. The third kappa shape index (κ3) is 1.58. The summed E-state index contributed by atoms with van der Waals surface area (Å²) in [6, 6.07) is 2.40. The molecule has 1 N–H and O–H groups in total. The minimum Gasteiger partial charge on any atom is -0.467 e. The number of carbonyl (C=O) groups is 1. The number of esters is 1. The average molecular weight is 225 g/mol. The normalized spacial score (nSPS) is 29.7. The van der Waals surface area contributed by atoms with Crippen molar-refractivity contribution >= 4 is 17.3 Å². The molecule has 0 saturated carbocycles. The SMILES string of the molecule is COC(=O)C1(C)NC(C)Cc2ccsc21. The van der Waals surface area contributed by atoms with Gasteiger partial charge in [-0.15, -0.1) is 11.3 Å². The molecule has 0 fully saturated rings. The molecule has 0 bridgehead atoms. The van der Waals surface area contributed by atoms with Crippen LogP contribution in [0, 0.1) is 0 Å². The third-order valence-corrected chi connectivity index (χ3v) is 4.03. The van der Waals surface area contributed by atoms with Gasteiger partial charge in [-0.25, -0.2) is 4.79 Å². The molecule has 4 heteroatoms. The summed E-state index contributed by atoms with van der Waals surface area (Å²) in [4.78, 5) is 12.9. The highest BCUT2D eigenvalue weighted by Gasteiger charge is 2.43. The molecule has 2 rings (SSSR count). The first-order chi connectivity index (χ1) is 7.08. The van der Waals surface area contributed by atoms with E-state index >= 15 is 0 Å². The van der Waals surface area contributed by atoms with Gasteiger partial charge in [0.1, 0.15) is 5.54 Å². The maximum Gasteiger partial charge on any atom is 0.331 e. The second kappa shape index (κ2) is 3.61. The average Bonchev–Trinajstić information content (AvgIpc) is 2.64. The van der Waals surface area contributed by atoms with E-state index in [9.17, 15) is 4.79 Å². The molecule has 2 unspecified atom stereocenters. The topological polar surface area (TPSA) is 38.3 Å². The van der Waals surface area contributed by atoms with Gasteiger partial charge >= 0.3 is 5.97 Å². The van der Waals surface area contributed by atoms with Crippen molar-refractivity contribution in [3.05, 3.63) is 21.9 Å².